The van der Waals surface area contributed by atoms with Crippen molar-refractivity contribution in [2.24, 2.45) is 0 Å². The standard InChI is InChI=1S/C15H27NO/c1-16-14(13-9-5-3-6-10-13)15(17-2)11-7-4-8-12-15/h9,14,16H,3-8,10-12H2,1-2H3. The third-order valence-electron chi connectivity index (χ3n) is 4.62. The average Bonchev–Trinajstić information content (AvgIpc) is 2.42. The molecule has 1 saturated carbocycles. The molecular formula is C15H27NO. The van der Waals surface area contributed by atoms with Crippen LogP contribution < -0.4 is 5.32 Å². The van der Waals surface area contributed by atoms with Crippen molar-refractivity contribution >= 4 is 0 Å². The van der Waals surface area contributed by atoms with Gasteiger partial charge in [-0.15, -0.1) is 0 Å². The summed E-state index contributed by atoms with van der Waals surface area (Å²) < 4.78 is 5.98. The van der Waals surface area contributed by atoms with E-state index in [1.807, 2.05) is 7.11 Å². The van der Waals surface area contributed by atoms with Crippen molar-refractivity contribution in [1.82, 2.24) is 5.32 Å². The zero-order valence-corrected chi connectivity index (χ0v) is 11.4. The number of nitrogens with one attached hydrogen (secondary N) is 1. The minimum atomic E-state index is 0.0656. The molecule has 2 heteroatoms. The quantitative estimate of drug-likeness (QED) is 0.756. The summed E-state index contributed by atoms with van der Waals surface area (Å²) in [6.45, 7) is 0. The molecule has 0 spiro atoms. The van der Waals surface area contributed by atoms with Crippen molar-refractivity contribution in [2.75, 3.05) is 14.2 Å². The van der Waals surface area contributed by atoms with Gasteiger partial charge >= 0.3 is 0 Å². The van der Waals surface area contributed by atoms with E-state index in [9.17, 15) is 0 Å². The lowest BCUT2D eigenvalue weighted by atomic mass is 9.74. The van der Waals surface area contributed by atoms with E-state index in [1.165, 1.54) is 57.8 Å². The molecule has 0 aromatic carbocycles. The molecule has 1 fully saturated rings. The van der Waals surface area contributed by atoms with E-state index in [4.69, 9.17) is 4.74 Å². The van der Waals surface area contributed by atoms with Gasteiger partial charge in [0.1, 0.15) is 0 Å². The number of rotatable bonds is 4. The number of likely N-dealkylation sites (N-methyl/N-ethyl adjacent to an activating group) is 1. The summed E-state index contributed by atoms with van der Waals surface area (Å²) in [5, 5.41) is 3.54. The van der Waals surface area contributed by atoms with Gasteiger partial charge in [-0.2, -0.15) is 0 Å². The normalized spacial score (nSPS) is 26.4. The van der Waals surface area contributed by atoms with E-state index in [0.29, 0.717) is 6.04 Å². The molecule has 0 aromatic heterocycles. The highest BCUT2D eigenvalue weighted by Crippen LogP contribution is 2.38. The molecule has 1 unspecified atom stereocenters. The molecule has 1 N–H and O–H groups in total. The molecule has 17 heavy (non-hydrogen) atoms. The second kappa shape index (κ2) is 6.01. The first kappa shape index (κ1) is 13.1. The van der Waals surface area contributed by atoms with Crippen molar-refractivity contribution < 1.29 is 4.74 Å². The van der Waals surface area contributed by atoms with E-state index in [2.05, 4.69) is 18.4 Å². The molecule has 0 aromatic rings. The zero-order valence-electron chi connectivity index (χ0n) is 11.4. The molecular weight excluding hydrogens is 210 g/mol. The molecule has 0 radical (unpaired) electrons. The van der Waals surface area contributed by atoms with E-state index in [1.54, 1.807) is 5.57 Å². The smallest absolute Gasteiger partial charge is 0.0869 e. The van der Waals surface area contributed by atoms with E-state index in [0.717, 1.165) is 0 Å². The largest absolute Gasteiger partial charge is 0.376 e. The Balaban J connectivity index is 2.16. The second-order valence-electron chi connectivity index (χ2n) is 5.58. The molecule has 2 aliphatic carbocycles. The first-order chi connectivity index (χ1) is 8.32. The van der Waals surface area contributed by atoms with Crippen LogP contribution in [0.15, 0.2) is 11.6 Å². The van der Waals surface area contributed by atoms with Crippen LogP contribution in [-0.4, -0.2) is 25.8 Å². The van der Waals surface area contributed by atoms with Crippen LogP contribution in [0.25, 0.3) is 0 Å². The van der Waals surface area contributed by atoms with Crippen molar-refractivity contribution in [1.29, 1.82) is 0 Å². The summed E-state index contributed by atoms with van der Waals surface area (Å²) in [5.41, 5.74) is 1.67. The lowest BCUT2D eigenvalue weighted by Gasteiger charge is -2.44. The Morgan fingerprint density at radius 3 is 2.47 bits per heavy atom. The summed E-state index contributed by atoms with van der Waals surface area (Å²) >= 11 is 0. The second-order valence-corrected chi connectivity index (χ2v) is 5.58. The van der Waals surface area contributed by atoms with Gasteiger partial charge < -0.3 is 10.1 Å². The fraction of sp³-hybridized carbons (Fsp3) is 0.867. The summed E-state index contributed by atoms with van der Waals surface area (Å²) in [7, 11) is 3.99. The molecule has 0 amide bonds. The molecule has 2 nitrogen and oxygen atoms in total. The van der Waals surface area contributed by atoms with Crippen LogP contribution in [-0.2, 0) is 4.74 Å². The Hall–Kier alpha value is -0.340. The molecule has 0 heterocycles. The van der Waals surface area contributed by atoms with Gasteiger partial charge in [-0.3, -0.25) is 0 Å². The maximum Gasteiger partial charge on any atom is 0.0869 e. The Kier molecular flexibility index (Phi) is 4.63. The maximum atomic E-state index is 5.98. The van der Waals surface area contributed by atoms with E-state index >= 15 is 0 Å². The van der Waals surface area contributed by atoms with Gasteiger partial charge in [-0.05, 0) is 45.6 Å². The molecule has 1 atom stereocenters. The zero-order chi connectivity index (χ0) is 12.1. The van der Waals surface area contributed by atoms with Crippen LogP contribution in [0.1, 0.15) is 57.8 Å². The summed E-state index contributed by atoms with van der Waals surface area (Å²) in [6, 6.07) is 0.438. The third-order valence-corrected chi connectivity index (χ3v) is 4.62. The van der Waals surface area contributed by atoms with E-state index in [-0.39, 0.29) is 5.60 Å². The van der Waals surface area contributed by atoms with Gasteiger partial charge in [-0.25, -0.2) is 0 Å². The first-order valence-electron chi connectivity index (χ1n) is 7.24. The summed E-state index contributed by atoms with van der Waals surface area (Å²) in [5.74, 6) is 0. The highest BCUT2D eigenvalue weighted by atomic mass is 16.5. The molecule has 98 valence electrons. The molecule has 2 rings (SSSR count). The first-order valence-corrected chi connectivity index (χ1v) is 7.24. The fourth-order valence-corrected chi connectivity index (χ4v) is 3.67. The van der Waals surface area contributed by atoms with Crippen LogP contribution in [0.3, 0.4) is 0 Å². The van der Waals surface area contributed by atoms with Gasteiger partial charge in [-0.1, -0.05) is 30.9 Å². The lowest BCUT2D eigenvalue weighted by molar-refractivity contribution is -0.0580. The third kappa shape index (κ3) is 2.74. The summed E-state index contributed by atoms with van der Waals surface area (Å²) in [6.07, 6.45) is 14.1. The van der Waals surface area contributed by atoms with Gasteiger partial charge in [0, 0.05) is 7.11 Å². The monoisotopic (exact) mass is 237 g/mol. The molecule has 0 saturated heterocycles. The highest BCUT2D eigenvalue weighted by Gasteiger charge is 2.40. The van der Waals surface area contributed by atoms with Crippen molar-refractivity contribution in [2.45, 2.75) is 69.4 Å². The number of hydrogen-bond acceptors (Lipinski definition) is 2. The minimum Gasteiger partial charge on any atom is -0.376 e. The Bertz CT molecular complexity index is 266. The number of hydrogen-bond donors (Lipinski definition) is 1. The topological polar surface area (TPSA) is 21.3 Å². The number of allylic oxidation sites excluding steroid dienone is 1. The average molecular weight is 237 g/mol. The van der Waals surface area contributed by atoms with Gasteiger partial charge in [0.2, 0.25) is 0 Å². The predicted molar refractivity (Wildman–Crippen MR) is 72.2 cm³/mol. The molecule has 0 aliphatic heterocycles. The highest BCUT2D eigenvalue weighted by molar-refractivity contribution is 5.19. The molecule has 2 aliphatic rings. The SMILES string of the molecule is CNC(C1=CCCCC1)C1(OC)CCCCC1. The number of ether oxygens (including phenoxy) is 1. The Labute approximate surface area is 106 Å². The van der Waals surface area contributed by atoms with E-state index < -0.39 is 0 Å². The van der Waals surface area contributed by atoms with Crippen LogP contribution in [0.4, 0.5) is 0 Å². The lowest BCUT2D eigenvalue weighted by Crippen LogP contribution is -2.53. The van der Waals surface area contributed by atoms with Crippen LogP contribution in [0.2, 0.25) is 0 Å². The van der Waals surface area contributed by atoms with Crippen molar-refractivity contribution in [3.05, 3.63) is 11.6 Å². The predicted octanol–water partition coefficient (Wildman–Crippen LogP) is 3.42. The fourth-order valence-electron chi connectivity index (χ4n) is 3.67. The van der Waals surface area contributed by atoms with Gasteiger partial charge in [0.25, 0.3) is 0 Å². The van der Waals surface area contributed by atoms with Crippen molar-refractivity contribution in [3.8, 4) is 0 Å². The van der Waals surface area contributed by atoms with Gasteiger partial charge in [0.15, 0.2) is 0 Å². The van der Waals surface area contributed by atoms with Crippen LogP contribution in [0.5, 0.6) is 0 Å². The maximum absolute atomic E-state index is 5.98. The van der Waals surface area contributed by atoms with Crippen LogP contribution in [0, 0.1) is 0 Å². The number of methoxy groups -OCH3 is 1. The summed E-state index contributed by atoms with van der Waals surface area (Å²) in [4.78, 5) is 0. The van der Waals surface area contributed by atoms with Crippen LogP contribution >= 0.6 is 0 Å². The van der Waals surface area contributed by atoms with Crippen molar-refractivity contribution in [3.63, 3.8) is 0 Å². The Morgan fingerprint density at radius 1 is 1.18 bits per heavy atom. The Morgan fingerprint density at radius 2 is 1.94 bits per heavy atom. The molecule has 0 bridgehead atoms. The minimum absolute atomic E-state index is 0.0656. The van der Waals surface area contributed by atoms with Gasteiger partial charge in [0.05, 0.1) is 11.6 Å².